The molecule has 0 radical (unpaired) electrons. The van der Waals surface area contributed by atoms with E-state index in [1.54, 1.807) is 0 Å². The number of nitrogens with one attached hydrogen (secondary N) is 1. The Labute approximate surface area is 112 Å². The topological polar surface area (TPSA) is 21.3 Å². The van der Waals surface area contributed by atoms with Gasteiger partial charge in [-0.05, 0) is 30.5 Å². The van der Waals surface area contributed by atoms with Crippen LogP contribution in [-0.2, 0) is 17.8 Å². The van der Waals surface area contributed by atoms with E-state index in [-0.39, 0.29) is 0 Å². The van der Waals surface area contributed by atoms with Crippen molar-refractivity contribution in [1.82, 2.24) is 5.32 Å². The maximum atomic E-state index is 5.71. The van der Waals surface area contributed by atoms with Gasteiger partial charge in [0.15, 0.2) is 0 Å². The fourth-order valence-electron chi connectivity index (χ4n) is 1.87. The van der Waals surface area contributed by atoms with Crippen LogP contribution in [0.25, 0.3) is 0 Å². The van der Waals surface area contributed by atoms with Crippen LogP contribution in [0.5, 0.6) is 0 Å². The van der Waals surface area contributed by atoms with E-state index in [4.69, 9.17) is 4.74 Å². The normalized spacial score (nSPS) is 11.1. The molecule has 2 heteroatoms. The second-order valence-corrected chi connectivity index (χ2v) is 5.03. The second kappa shape index (κ2) is 9.12. The molecule has 1 aromatic carbocycles. The Morgan fingerprint density at radius 2 is 1.89 bits per heavy atom. The van der Waals surface area contributed by atoms with Gasteiger partial charge < -0.3 is 10.1 Å². The van der Waals surface area contributed by atoms with Crippen molar-refractivity contribution in [1.29, 1.82) is 0 Å². The van der Waals surface area contributed by atoms with Crippen LogP contribution in [0.4, 0.5) is 0 Å². The van der Waals surface area contributed by atoms with Crippen molar-refractivity contribution in [3.8, 4) is 0 Å². The van der Waals surface area contributed by atoms with Gasteiger partial charge in [-0.1, -0.05) is 51.5 Å². The SMILES string of the molecule is CCCCOCc1ccccc1CCNC(C)C. The summed E-state index contributed by atoms with van der Waals surface area (Å²) in [5.74, 6) is 0. The van der Waals surface area contributed by atoms with Crippen LogP contribution in [0, 0.1) is 0 Å². The third kappa shape index (κ3) is 6.18. The van der Waals surface area contributed by atoms with Gasteiger partial charge in [0.2, 0.25) is 0 Å². The third-order valence-corrected chi connectivity index (χ3v) is 2.97. The zero-order valence-electron chi connectivity index (χ0n) is 12.0. The van der Waals surface area contributed by atoms with Crippen molar-refractivity contribution in [3.63, 3.8) is 0 Å². The Morgan fingerprint density at radius 3 is 2.56 bits per heavy atom. The summed E-state index contributed by atoms with van der Waals surface area (Å²) < 4.78 is 5.71. The van der Waals surface area contributed by atoms with Crippen molar-refractivity contribution < 1.29 is 4.74 Å². The predicted octanol–water partition coefficient (Wildman–Crippen LogP) is 3.54. The van der Waals surface area contributed by atoms with E-state index >= 15 is 0 Å². The highest BCUT2D eigenvalue weighted by atomic mass is 16.5. The zero-order valence-corrected chi connectivity index (χ0v) is 12.0. The first-order valence-corrected chi connectivity index (χ1v) is 7.12. The highest BCUT2D eigenvalue weighted by molar-refractivity contribution is 5.26. The molecule has 18 heavy (non-hydrogen) atoms. The quantitative estimate of drug-likeness (QED) is 0.676. The predicted molar refractivity (Wildman–Crippen MR) is 77.8 cm³/mol. The van der Waals surface area contributed by atoms with Crippen molar-refractivity contribution in [2.45, 2.75) is 52.7 Å². The molecule has 1 aromatic rings. The maximum absolute atomic E-state index is 5.71. The van der Waals surface area contributed by atoms with Crippen LogP contribution in [0.3, 0.4) is 0 Å². The molecule has 0 aliphatic rings. The average Bonchev–Trinajstić information content (AvgIpc) is 2.36. The van der Waals surface area contributed by atoms with Gasteiger partial charge in [-0.2, -0.15) is 0 Å². The highest BCUT2D eigenvalue weighted by Gasteiger charge is 2.02. The maximum Gasteiger partial charge on any atom is 0.0719 e. The molecule has 0 bridgehead atoms. The van der Waals surface area contributed by atoms with E-state index in [1.165, 1.54) is 17.5 Å². The van der Waals surface area contributed by atoms with Gasteiger partial charge in [-0.3, -0.25) is 0 Å². The van der Waals surface area contributed by atoms with E-state index < -0.39 is 0 Å². The number of hydrogen-bond donors (Lipinski definition) is 1. The smallest absolute Gasteiger partial charge is 0.0719 e. The molecule has 1 N–H and O–H groups in total. The minimum Gasteiger partial charge on any atom is -0.377 e. The molecule has 0 aliphatic carbocycles. The molecule has 0 amide bonds. The Hall–Kier alpha value is -0.860. The Kier molecular flexibility index (Phi) is 7.70. The van der Waals surface area contributed by atoms with Gasteiger partial charge in [0.1, 0.15) is 0 Å². The van der Waals surface area contributed by atoms with Crippen molar-refractivity contribution in [3.05, 3.63) is 35.4 Å². The number of rotatable bonds is 9. The van der Waals surface area contributed by atoms with Gasteiger partial charge >= 0.3 is 0 Å². The van der Waals surface area contributed by atoms with Crippen LogP contribution in [0.2, 0.25) is 0 Å². The highest BCUT2D eigenvalue weighted by Crippen LogP contribution is 2.11. The molecule has 0 unspecified atom stereocenters. The van der Waals surface area contributed by atoms with E-state index in [2.05, 4.69) is 50.4 Å². The largest absolute Gasteiger partial charge is 0.377 e. The molecule has 0 saturated heterocycles. The summed E-state index contributed by atoms with van der Waals surface area (Å²) in [6.07, 6.45) is 3.42. The van der Waals surface area contributed by atoms with Crippen molar-refractivity contribution >= 4 is 0 Å². The summed E-state index contributed by atoms with van der Waals surface area (Å²) in [5.41, 5.74) is 2.74. The Balaban J connectivity index is 2.40. The summed E-state index contributed by atoms with van der Waals surface area (Å²) >= 11 is 0. The Morgan fingerprint density at radius 1 is 1.17 bits per heavy atom. The summed E-state index contributed by atoms with van der Waals surface area (Å²) in [6.45, 7) is 9.20. The summed E-state index contributed by atoms with van der Waals surface area (Å²) in [5, 5.41) is 3.46. The van der Waals surface area contributed by atoms with E-state index in [9.17, 15) is 0 Å². The number of hydrogen-bond acceptors (Lipinski definition) is 2. The molecular formula is C16H27NO. The standard InChI is InChI=1S/C16H27NO/c1-4-5-12-18-13-16-9-7-6-8-15(16)10-11-17-14(2)3/h6-9,14,17H,4-5,10-13H2,1-3H3. The van der Waals surface area contributed by atoms with Gasteiger partial charge in [0.05, 0.1) is 6.61 Å². The molecule has 0 spiro atoms. The average molecular weight is 249 g/mol. The van der Waals surface area contributed by atoms with Crippen LogP contribution in [0.1, 0.15) is 44.7 Å². The van der Waals surface area contributed by atoms with Gasteiger partial charge in [0.25, 0.3) is 0 Å². The monoisotopic (exact) mass is 249 g/mol. The second-order valence-electron chi connectivity index (χ2n) is 5.03. The van der Waals surface area contributed by atoms with E-state index in [1.807, 2.05) is 0 Å². The molecule has 0 aliphatic heterocycles. The first kappa shape index (κ1) is 15.2. The van der Waals surface area contributed by atoms with Crippen LogP contribution < -0.4 is 5.32 Å². The van der Waals surface area contributed by atoms with Gasteiger partial charge in [0, 0.05) is 12.6 Å². The van der Waals surface area contributed by atoms with Gasteiger partial charge in [-0.15, -0.1) is 0 Å². The molecule has 0 aromatic heterocycles. The Bertz CT molecular complexity index is 323. The molecule has 0 atom stereocenters. The lowest BCUT2D eigenvalue weighted by Crippen LogP contribution is -2.25. The lowest BCUT2D eigenvalue weighted by Gasteiger charge is -2.12. The summed E-state index contributed by atoms with van der Waals surface area (Å²) in [6, 6.07) is 9.15. The molecule has 0 saturated carbocycles. The minimum absolute atomic E-state index is 0.554. The molecular weight excluding hydrogens is 222 g/mol. The number of benzene rings is 1. The van der Waals surface area contributed by atoms with Crippen LogP contribution >= 0.6 is 0 Å². The summed E-state index contributed by atoms with van der Waals surface area (Å²) in [4.78, 5) is 0. The van der Waals surface area contributed by atoms with Gasteiger partial charge in [-0.25, -0.2) is 0 Å². The summed E-state index contributed by atoms with van der Waals surface area (Å²) in [7, 11) is 0. The molecule has 102 valence electrons. The van der Waals surface area contributed by atoms with Crippen LogP contribution in [0.15, 0.2) is 24.3 Å². The minimum atomic E-state index is 0.554. The van der Waals surface area contributed by atoms with Crippen molar-refractivity contribution in [2.24, 2.45) is 0 Å². The fourth-order valence-corrected chi connectivity index (χ4v) is 1.87. The van der Waals surface area contributed by atoms with E-state index in [0.717, 1.165) is 32.6 Å². The first-order chi connectivity index (χ1) is 8.74. The molecule has 2 nitrogen and oxygen atoms in total. The number of ether oxygens (including phenoxy) is 1. The zero-order chi connectivity index (χ0) is 13.2. The van der Waals surface area contributed by atoms with Crippen LogP contribution in [-0.4, -0.2) is 19.2 Å². The van der Waals surface area contributed by atoms with Crippen molar-refractivity contribution in [2.75, 3.05) is 13.2 Å². The number of unbranched alkanes of at least 4 members (excludes halogenated alkanes) is 1. The molecule has 1 rings (SSSR count). The fraction of sp³-hybridized carbons (Fsp3) is 0.625. The molecule has 0 fully saturated rings. The lowest BCUT2D eigenvalue weighted by molar-refractivity contribution is 0.117. The van der Waals surface area contributed by atoms with E-state index in [0.29, 0.717) is 6.04 Å². The first-order valence-electron chi connectivity index (χ1n) is 7.12. The lowest BCUT2D eigenvalue weighted by atomic mass is 10.1. The molecule has 0 heterocycles. The third-order valence-electron chi connectivity index (χ3n) is 2.97.